The molecule has 3 heterocycles. The van der Waals surface area contributed by atoms with E-state index in [1.165, 1.54) is 12.3 Å². The van der Waals surface area contributed by atoms with Crippen molar-refractivity contribution >= 4 is 15.7 Å². The minimum Gasteiger partial charge on any atom is -0.335 e. The van der Waals surface area contributed by atoms with E-state index in [9.17, 15) is 26.4 Å². The van der Waals surface area contributed by atoms with Crippen LogP contribution in [0.3, 0.4) is 0 Å². The molecule has 2 saturated heterocycles. The second-order valence-electron chi connectivity index (χ2n) is 5.77. The number of H-pyrrole nitrogens is 1. The quantitative estimate of drug-likeness (QED) is 0.828. The Bertz CT molecular complexity index is 686. The molecule has 1 aromatic heterocycles. The van der Waals surface area contributed by atoms with Crippen molar-refractivity contribution in [3.8, 4) is 0 Å². The lowest BCUT2D eigenvalue weighted by Crippen LogP contribution is -2.53. The number of alkyl halides is 3. The van der Waals surface area contributed by atoms with Gasteiger partial charge in [-0.2, -0.15) is 18.3 Å². The fourth-order valence-electron chi connectivity index (χ4n) is 3.42. The topological polar surface area (TPSA) is 83.1 Å². The van der Waals surface area contributed by atoms with Crippen LogP contribution < -0.4 is 0 Å². The smallest absolute Gasteiger partial charge is 0.335 e. The van der Waals surface area contributed by atoms with Crippen LogP contribution in [0.5, 0.6) is 0 Å². The molecule has 0 aliphatic carbocycles. The summed E-state index contributed by atoms with van der Waals surface area (Å²) in [5.74, 6) is -0.924. The Hall–Kier alpha value is -1.58. The Morgan fingerprint density at radius 3 is 2.73 bits per heavy atom. The Morgan fingerprint density at radius 1 is 1.45 bits per heavy atom. The zero-order valence-electron chi connectivity index (χ0n) is 11.4. The van der Waals surface area contributed by atoms with E-state index in [1.807, 2.05) is 0 Å². The molecule has 1 N–H and O–H groups in total. The number of nitrogens with one attached hydrogen (secondary N) is 1. The molecule has 0 unspecified atom stereocenters. The summed E-state index contributed by atoms with van der Waals surface area (Å²) in [6.45, 7) is -1.06. The number of aromatic nitrogens is 2. The number of fused-ring (bicyclic) bond motifs is 1. The maximum Gasteiger partial charge on any atom is 0.397 e. The summed E-state index contributed by atoms with van der Waals surface area (Å²) in [6, 6.07) is 1.35. The van der Waals surface area contributed by atoms with Gasteiger partial charge in [0.1, 0.15) is 11.1 Å². The predicted molar refractivity (Wildman–Crippen MR) is 69.8 cm³/mol. The van der Waals surface area contributed by atoms with E-state index in [1.54, 1.807) is 0 Å². The van der Waals surface area contributed by atoms with E-state index in [2.05, 4.69) is 10.2 Å². The summed E-state index contributed by atoms with van der Waals surface area (Å²) in [4.78, 5) is 13.2. The lowest BCUT2D eigenvalue weighted by atomic mass is 9.81. The monoisotopic (exact) mass is 337 g/mol. The van der Waals surface area contributed by atoms with E-state index in [0.29, 0.717) is 0 Å². The Morgan fingerprint density at radius 2 is 2.18 bits per heavy atom. The molecule has 1 amide bonds. The largest absolute Gasteiger partial charge is 0.397 e. The predicted octanol–water partition coefficient (Wildman–Crippen LogP) is 0.991. The summed E-state index contributed by atoms with van der Waals surface area (Å²) >= 11 is 0. The van der Waals surface area contributed by atoms with Gasteiger partial charge in [-0.15, -0.1) is 0 Å². The maximum atomic E-state index is 13.6. The maximum absolute atomic E-state index is 13.6. The van der Waals surface area contributed by atoms with E-state index in [-0.39, 0.29) is 24.3 Å². The number of nitrogens with zero attached hydrogens (tertiary/aromatic N) is 2. The Balaban J connectivity index is 1.99. The zero-order chi connectivity index (χ0) is 16.2. The number of likely N-dealkylation sites (tertiary alicyclic amines) is 1. The number of sulfone groups is 1. The van der Waals surface area contributed by atoms with Crippen molar-refractivity contribution in [3.63, 3.8) is 0 Å². The molecule has 10 heteroatoms. The van der Waals surface area contributed by atoms with Gasteiger partial charge in [0.05, 0.1) is 11.0 Å². The minimum atomic E-state index is -4.67. The van der Waals surface area contributed by atoms with Crippen LogP contribution in [-0.4, -0.2) is 59.7 Å². The zero-order valence-corrected chi connectivity index (χ0v) is 12.2. The van der Waals surface area contributed by atoms with Crippen LogP contribution in [0.25, 0.3) is 0 Å². The molecule has 2 atom stereocenters. The van der Waals surface area contributed by atoms with Crippen LogP contribution in [0.1, 0.15) is 23.3 Å². The number of aromatic amines is 1. The second-order valence-corrected chi connectivity index (χ2v) is 8.07. The van der Waals surface area contributed by atoms with Crippen LogP contribution in [0.15, 0.2) is 12.3 Å². The van der Waals surface area contributed by atoms with Crippen molar-refractivity contribution in [1.29, 1.82) is 0 Å². The molecular weight excluding hydrogens is 323 g/mol. The van der Waals surface area contributed by atoms with Gasteiger partial charge >= 0.3 is 6.18 Å². The van der Waals surface area contributed by atoms with Gasteiger partial charge in [0.25, 0.3) is 5.91 Å². The van der Waals surface area contributed by atoms with Crippen molar-refractivity contribution in [2.24, 2.45) is 5.41 Å². The van der Waals surface area contributed by atoms with Crippen molar-refractivity contribution < 1.29 is 26.4 Å². The van der Waals surface area contributed by atoms with Crippen molar-refractivity contribution in [2.45, 2.75) is 24.3 Å². The van der Waals surface area contributed by atoms with Gasteiger partial charge in [0.2, 0.25) is 0 Å². The molecule has 122 valence electrons. The number of carbonyl (C=O) groups is 1. The second kappa shape index (κ2) is 4.71. The first kappa shape index (κ1) is 15.3. The molecule has 0 spiro atoms. The van der Waals surface area contributed by atoms with Gasteiger partial charge in [-0.1, -0.05) is 0 Å². The Labute approximate surface area is 124 Å². The molecule has 0 bridgehead atoms. The molecule has 0 radical (unpaired) electrons. The molecule has 2 fully saturated rings. The third kappa shape index (κ3) is 2.11. The third-order valence-electron chi connectivity index (χ3n) is 4.54. The molecule has 0 aromatic carbocycles. The highest BCUT2D eigenvalue weighted by Gasteiger charge is 2.68. The number of amides is 1. The molecule has 0 saturated carbocycles. The van der Waals surface area contributed by atoms with E-state index < -0.39 is 45.7 Å². The lowest BCUT2D eigenvalue weighted by molar-refractivity contribution is -0.220. The van der Waals surface area contributed by atoms with Crippen molar-refractivity contribution in [2.75, 3.05) is 18.8 Å². The molecular formula is C12H14F3N3O3S. The fourth-order valence-corrected chi connectivity index (χ4v) is 5.68. The molecule has 6 nitrogen and oxygen atoms in total. The number of carbonyl (C=O) groups excluding carboxylic acids is 1. The highest BCUT2D eigenvalue weighted by Crippen LogP contribution is 2.53. The SMILES string of the molecule is O=C(c1ccn[nH]1)N1C[C@@H]2[C@@](C(F)(F)F)(CCCS2(=O)=O)C1. The first-order valence-corrected chi connectivity index (χ1v) is 8.46. The van der Waals surface area contributed by atoms with Crippen LogP contribution in [0.4, 0.5) is 13.2 Å². The minimum absolute atomic E-state index is 0.0373. The number of hydrogen-bond donors (Lipinski definition) is 1. The van der Waals surface area contributed by atoms with Crippen LogP contribution >= 0.6 is 0 Å². The van der Waals surface area contributed by atoms with Crippen LogP contribution in [-0.2, 0) is 9.84 Å². The third-order valence-corrected chi connectivity index (χ3v) is 6.87. The molecule has 22 heavy (non-hydrogen) atoms. The fraction of sp³-hybridized carbons (Fsp3) is 0.667. The van der Waals surface area contributed by atoms with E-state index in [0.717, 1.165) is 4.90 Å². The molecule has 2 aliphatic rings. The van der Waals surface area contributed by atoms with E-state index >= 15 is 0 Å². The van der Waals surface area contributed by atoms with Crippen molar-refractivity contribution in [3.05, 3.63) is 18.0 Å². The average molecular weight is 337 g/mol. The highest BCUT2D eigenvalue weighted by atomic mass is 32.2. The van der Waals surface area contributed by atoms with Crippen molar-refractivity contribution in [1.82, 2.24) is 15.1 Å². The Kier molecular flexibility index (Phi) is 3.28. The number of halogens is 3. The number of hydrogen-bond acceptors (Lipinski definition) is 4. The summed E-state index contributed by atoms with van der Waals surface area (Å²) in [5, 5.41) is 4.40. The summed E-state index contributed by atoms with van der Waals surface area (Å²) in [6.07, 6.45) is -3.67. The lowest BCUT2D eigenvalue weighted by Gasteiger charge is -2.39. The van der Waals surface area contributed by atoms with Crippen LogP contribution in [0.2, 0.25) is 0 Å². The molecule has 3 rings (SSSR count). The summed E-state index contributed by atoms with van der Waals surface area (Å²) in [5.41, 5.74) is -2.31. The average Bonchev–Trinajstić information content (AvgIpc) is 3.05. The standard InChI is InChI=1S/C12H14F3N3O3S/c13-12(14,15)11-3-1-5-22(20,21)9(11)6-18(7-11)10(19)8-2-4-16-17-8/h2,4,9H,1,3,5-7H2,(H,16,17)/t9-,11-/m1/s1. The van der Waals surface area contributed by atoms with E-state index in [4.69, 9.17) is 0 Å². The summed E-state index contributed by atoms with van der Waals surface area (Å²) in [7, 11) is -3.88. The summed E-state index contributed by atoms with van der Waals surface area (Å²) < 4.78 is 65.0. The molecule has 1 aromatic rings. The highest BCUT2D eigenvalue weighted by molar-refractivity contribution is 7.92. The first-order valence-electron chi connectivity index (χ1n) is 6.74. The van der Waals surface area contributed by atoms with Gasteiger partial charge in [-0.3, -0.25) is 9.89 Å². The van der Waals surface area contributed by atoms with Gasteiger partial charge in [-0.05, 0) is 18.9 Å². The van der Waals surface area contributed by atoms with Crippen LogP contribution in [0, 0.1) is 5.41 Å². The normalized spacial score (nSPS) is 31.0. The first-order chi connectivity index (χ1) is 10.2. The van der Waals surface area contributed by atoms with Gasteiger partial charge < -0.3 is 4.90 Å². The molecule has 2 aliphatic heterocycles. The van der Waals surface area contributed by atoms with Gasteiger partial charge in [0, 0.05) is 19.3 Å². The van der Waals surface area contributed by atoms with Gasteiger partial charge in [0.15, 0.2) is 9.84 Å². The number of rotatable bonds is 1. The van der Waals surface area contributed by atoms with Gasteiger partial charge in [-0.25, -0.2) is 8.42 Å².